The molecule has 0 radical (unpaired) electrons. The van der Waals surface area contributed by atoms with Gasteiger partial charge in [-0.2, -0.15) is 0 Å². The van der Waals surface area contributed by atoms with Gasteiger partial charge in [-0.1, -0.05) is 48.5 Å². The zero-order chi connectivity index (χ0) is 21.3. The lowest BCUT2D eigenvalue weighted by Crippen LogP contribution is -2.44. The summed E-state index contributed by atoms with van der Waals surface area (Å²) in [5.41, 5.74) is 1.80. The maximum Gasteiger partial charge on any atom is 0.316 e. The van der Waals surface area contributed by atoms with E-state index < -0.39 is 12.1 Å². The molecule has 3 rings (SSSR count). The molecule has 1 unspecified atom stereocenters. The molecule has 1 atom stereocenters. The van der Waals surface area contributed by atoms with Gasteiger partial charge >= 0.3 is 6.03 Å². The molecule has 1 heterocycles. The average molecular weight is 426 g/mol. The summed E-state index contributed by atoms with van der Waals surface area (Å²) < 4.78 is 13.3. The number of thiophene rings is 1. The highest BCUT2D eigenvalue weighted by molar-refractivity contribution is 7.10. The lowest BCUT2D eigenvalue weighted by atomic mass is 10.1. The number of carbonyl (C=O) groups excluding carboxylic acids is 2. The smallest absolute Gasteiger partial charge is 0.316 e. The summed E-state index contributed by atoms with van der Waals surface area (Å²) in [6.45, 7) is 2.84. The number of nitrogens with one attached hydrogen (secondary N) is 2. The Balaban J connectivity index is 1.59. The number of halogens is 1. The van der Waals surface area contributed by atoms with Crippen LogP contribution >= 0.6 is 11.3 Å². The second-order valence-corrected chi connectivity index (χ2v) is 7.70. The van der Waals surface area contributed by atoms with E-state index in [0.29, 0.717) is 13.1 Å². The average Bonchev–Trinajstić information content (AvgIpc) is 3.30. The van der Waals surface area contributed by atoms with Crippen molar-refractivity contribution in [3.05, 3.63) is 93.9 Å². The van der Waals surface area contributed by atoms with Gasteiger partial charge in [-0.05, 0) is 41.6 Å². The molecule has 0 saturated heterocycles. The molecule has 30 heavy (non-hydrogen) atoms. The van der Waals surface area contributed by atoms with Gasteiger partial charge in [0.2, 0.25) is 5.91 Å². The third-order valence-corrected chi connectivity index (χ3v) is 5.59. The van der Waals surface area contributed by atoms with Crippen molar-refractivity contribution in [2.24, 2.45) is 0 Å². The Morgan fingerprint density at radius 2 is 1.77 bits per heavy atom. The van der Waals surface area contributed by atoms with Crippen LogP contribution in [0.15, 0.2) is 72.1 Å². The minimum absolute atomic E-state index is 0.104. The predicted molar refractivity (Wildman–Crippen MR) is 117 cm³/mol. The van der Waals surface area contributed by atoms with Gasteiger partial charge in [0.05, 0.1) is 12.6 Å². The first kappa shape index (κ1) is 21.5. The minimum Gasteiger partial charge on any atom is -0.337 e. The van der Waals surface area contributed by atoms with Crippen molar-refractivity contribution in [2.45, 2.75) is 19.5 Å². The van der Waals surface area contributed by atoms with Crippen LogP contribution in [0.1, 0.15) is 29.0 Å². The van der Waals surface area contributed by atoms with Gasteiger partial charge in [0, 0.05) is 18.0 Å². The number of likely N-dealkylation sites (N-methyl/N-ethyl adjacent to an activating group) is 1. The zero-order valence-corrected chi connectivity index (χ0v) is 17.5. The Morgan fingerprint density at radius 1 is 1.03 bits per heavy atom. The lowest BCUT2D eigenvalue weighted by Gasteiger charge is -2.22. The number of carbonyl (C=O) groups is 2. The standard InChI is InChI=1S/C23H24FN3O2S/c1-2-27(16-17-7-4-3-5-8-17)21(28)15-25-23(29)26-22(20-9-6-14-30-20)18-10-12-19(24)13-11-18/h3-14,22H,2,15-16H2,1H3,(H2,25,26,29). The molecule has 0 fully saturated rings. The maximum atomic E-state index is 13.3. The van der Waals surface area contributed by atoms with Crippen molar-refractivity contribution in [3.63, 3.8) is 0 Å². The summed E-state index contributed by atoms with van der Waals surface area (Å²) in [5.74, 6) is -0.497. The van der Waals surface area contributed by atoms with Gasteiger partial charge in [0.15, 0.2) is 0 Å². The van der Waals surface area contributed by atoms with Crippen LogP contribution in [0.5, 0.6) is 0 Å². The Bertz CT molecular complexity index is 946. The molecular formula is C23H24FN3O2S. The van der Waals surface area contributed by atoms with E-state index >= 15 is 0 Å². The Hall–Kier alpha value is -3.19. The number of hydrogen-bond acceptors (Lipinski definition) is 3. The van der Waals surface area contributed by atoms with Crippen LogP contribution in [-0.2, 0) is 11.3 Å². The van der Waals surface area contributed by atoms with Gasteiger partial charge in [-0.15, -0.1) is 11.3 Å². The third kappa shape index (κ3) is 5.90. The van der Waals surface area contributed by atoms with Crippen LogP contribution in [0.4, 0.5) is 9.18 Å². The predicted octanol–water partition coefficient (Wildman–Crippen LogP) is 4.32. The molecule has 0 bridgehead atoms. The van der Waals surface area contributed by atoms with Crippen molar-refractivity contribution in [1.82, 2.24) is 15.5 Å². The number of hydrogen-bond donors (Lipinski definition) is 2. The first-order valence-corrected chi connectivity index (χ1v) is 10.6. The quantitative estimate of drug-likeness (QED) is 0.565. The van der Waals surface area contributed by atoms with Gasteiger partial charge in [0.25, 0.3) is 0 Å². The molecule has 1 aromatic heterocycles. The number of nitrogens with zero attached hydrogens (tertiary/aromatic N) is 1. The molecule has 0 aliphatic rings. The van der Waals surface area contributed by atoms with Crippen LogP contribution < -0.4 is 10.6 Å². The van der Waals surface area contributed by atoms with E-state index in [1.165, 1.54) is 23.5 Å². The van der Waals surface area contributed by atoms with Crippen molar-refractivity contribution < 1.29 is 14.0 Å². The number of urea groups is 1. The summed E-state index contributed by atoms with van der Waals surface area (Å²) in [5, 5.41) is 7.44. The van der Waals surface area contributed by atoms with Crippen molar-refractivity contribution >= 4 is 23.3 Å². The van der Waals surface area contributed by atoms with Crippen LogP contribution in [0.3, 0.4) is 0 Å². The molecule has 2 aromatic carbocycles. The van der Waals surface area contributed by atoms with Gasteiger partial charge < -0.3 is 15.5 Å². The summed E-state index contributed by atoms with van der Waals surface area (Å²) in [6.07, 6.45) is 0. The molecular weight excluding hydrogens is 401 g/mol. The first-order chi connectivity index (χ1) is 14.6. The molecule has 0 saturated carbocycles. The minimum atomic E-state index is -0.457. The van der Waals surface area contributed by atoms with E-state index in [9.17, 15) is 14.0 Å². The van der Waals surface area contributed by atoms with E-state index in [-0.39, 0.29) is 18.3 Å². The van der Waals surface area contributed by atoms with Gasteiger partial charge in [0.1, 0.15) is 5.82 Å². The van der Waals surface area contributed by atoms with Crippen LogP contribution in [-0.4, -0.2) is 29.9 Å². The van der Waals surface area contributed by atoms with Gasteiger partial charge in [-0.3, -0.25) is 4.79 Å². The Morgan fingerprint density at radius 3 is 2.40 bits per heavy atom. The molecule has 3 amide bonds. The summed E-state index contributed by atoms with van der Waals surface area (Å²) in [7, 11) is 0. The number of benzene rings is 2. The molecule has 156 valence electrons. The molecule has 0 spiro atoms. The highest BCUT2D eigenvalue weighted by Crippen LogP contribution is 2.26. The molecule has 0 aliphatic carbocycles. The normalized spacial score (nSPS) is 11.5. The summed E-state index contributed by atoms with van der Waals surface area (Å²) >= 11 is 1.49. The fraction of sp³-hybridized carbons (Fsp3) is 0.217. The van der Waals surface area contributed by atoms with Crippen LogP contribution in [0.25, 0.3) is 0 Å². The highest BCUT2D eigenvalue weighted by atomic mass is 32.1. The largest absolute Gasteiger partial charge is 0.337 e. The lowest BCUT2D eigenvalue weighted by molar-refractivity contribution is -0.130. The SMILES string of the molecule is CCN(Cc1ccccc1)C(=O)CNC(=O)NC(c1ccc(F)cc1)c1cccs1. The fourth-order valence-electron chi connectivity index (χ4n) is 3.06. The van der Waals surface area contributed by atoms with Crippen molar-refractivity contribution in [2.75, 3.05) is 13.1 Å². The topological polar surface area (TPSA) is 61.4 Å². The second-order valence-electron chi connectivity index (χ2n) is 6.72. The van der Waals surface area contributed by atoms with Crippen molar-refractivity contribution in [1.29, 1.82) is 0 Å². The molecule has 3 aromatic rings. The molecule has 5 nitrogen and oxygen atoms in total. The molecule has 0 aliphatic heterocycles. The third-order valence-electron chi connectivity index (χ3n) is 4.66. The second kappa shape index (κ2) is 10.5. The molecule has 7 heteroatoms. The van der Waals surface area contributed by atoms with E-state index in [4.69, 9.17) is 0 Å². The van der Waals surface area contributed by atoms with E-state index in [0.717, 1.165) is 16.0 Å². The number of amides is 3. The van der Waals surface area contributed by atoms with E-state index in [1.54, 1.807) is 17.0 Å². The fourth-order valence-corrected chi connectivity index (χ4v) is 3.86. The van der Waals surface area contributed by atoms with E-state index in [1.807, 2.05) is 54.8 Å². The Kier molecular flexibility index (Phi) is 7.57. The van der Waals surface area contributed by atoms with Crippen LogP contribution in [0.2, 0.25) is 0 Å². The van der Waals surface area contributed by atoms with Gasteiger partial charge in [-0.25, -0.2) is 9.18 Å². The molecule has 2 N–H and O–H groups in total. The number of rotatable bonds is 8. The summed E-state index contributed by atoms with van der Waals surface area (Å²) in [6, 6.07) is 18.6. The monoisotopic (exact) mass is 425 g/mol. The summed E-state index contributed by atoms with van der Waals surface area (Å²) in [4.78, 5) is 27.7. The first-order valence-electron chi connectivity index (χ1n) is 9.71. The van der Waals surface area contributed by atoms with E-state index in [2.05, 4.69) is 10.6 Å². The van der Waals surface area contributed by atoms with Crippen molar-refractivity contribution in [3.8, 4) is 0 Å². The highest BCUT2D eigenvalue weighted by Gasteiger charge is 2.19. The zero-order valence-electron chi connectivity index (χ0n) is 16.7. The van der Waals surface area contributed by atoms with Crippen LogP contribution in [0, 0.1) is 5.82 Å². The Labute approximate surface area is 179 Å². The maximum absolute atomic E-state index is 13.3.